The zero-order valence-corrected chi connectivity index (χ0v) is 10.6. The zero-order chi connectivity index (χ0) is 12.5. The summed E-state index contributed by atoms with van der Waals surface area (Å²) in [5.41, 5.74) is 6.90. The van der Waals surface area contributed by atoms with E-state index in [0.29, 0.717) is 12.2 Å². The number of halogens is 1. The molecule has 0 heterocycles. The minimum atomic E-state index is -0.254. The second-order valence-corrected chi connectivity index (χ2v) is 4.50. The topological polar surface area (TPSA) is 35.2 Å². The third kappa shape index (κ3) is 5.73. The molecule has 0 saturated heterocycles. The lowest BCUT2D eigenvalue weighted by Crippen LogP contribution is -1.94. The van der Waals surface area contributed by atoms with Gasteiger partial charge in [0.15, 0.2) is 0 Å². The maximum Gasteiger partial charge on any atom is 0.124 e. The van der Waals surface area contributed by atoms with Crippen LogP contribution in [0, 0.1) is 17.7 Å². The molecule has 92 valence electrons. The quantitative estimate of drug-likeness (QED) is 0.644. The Hall–Kier alpha value is -1.02. The molecule has 17 heavy (non-hydrogen) atoms. The van der Waals surface area contributed by atoms with Crippen molar-refractivity contribution >= 4 is 11.8 Å². The van der Waals surface area contributed by atoms with Gasteiger partial charge in [0, 0.05) is 24.2 Å². The first-order chi connectivity index (χ1) is 8.26. The first-order valence-corrected chi connectivity index (χ1v) is 6.47. The molecule has 0 saturated carbocycles. The normalized spacial score (nSPS) is 9.82. The number of methoxy groups -OCH3 is 1. The Labute approximate surface area is 106 Å². The fourth-order valence-electron chi connectivity index (χ4n) is 1.29. The zero-order valence-electron chi connectivity index (χ0n) is 9.83. The lowest BCUT2D eigenvalue weighted by molar-refractivity contribution is 0.218. The third-order valence-electron chi connectivity index (χ3n) is 1.99. The number of thioether (sulfide) groups is 1. The number of hydrogen-bond donors (Lipinski definition) is 1. The molecule has 0 bridgehead atoms. The highest BCUT2D eigenvalue weighted by atomic mass is 32.2. The minimum absolute atomic E-state index is 0.254. The van der Waals surface area contributed by atoms with E-state index >= 15 is 0 Å². The molecule has 1 rings (SSSR count). The van der Waals surface area contributed by atoms with Gasteiger partial charge in [0.2, 0.25) is 0 Å². The van der Waals surface area contributed by atoms with Gasteiger partial charge in [-0.15, -0.1) is 0 Å². The summed E-state index contributed by atoms with van der Waals surface area (Å²) in [4.78, 5) is 0. The molecule has 0 aliphatic heterocycles. The van der Waals surface area contributed by atoms with Crippen LogP contribution in [-0.4, -0.2) is 26.0 Å². The lowest BCUT2D eigenvalue weighted by atomic mass is 10.1. The average Bonchev–Trinajstić information content (AvgIpc) is 2.31. The van der Waals surface area contributed by atoms with Gasteiger partial charge in [-0.2, -0.15) is 11.8 Å². The monoisotopic (exact) mass is 253 g/mol. The van der Waals surface area contributed by atoms with Crippen LogP contribution >= 0.6 is 11.8 Å². The van der Waals surface area contributed by atoms with Crippen LogP contribution < -0.4 is 5.73 Å². The molecule has 1 aromatic rings. The van der Waals surface area contributed by atoms with E-state index in [9.17, 15) is 4.39 Å². The Balaban J connectivity index is 2.62. The van der Waals surface area contributed by atoms with Gasteiger partial charge in [-0.3, -0.25) is 0 Å². The van der Waals surface area contributed by atoms with E-state index in [1.54, 1.807) is 18.9 Å². The van der Waals surface area contributed by atoms with Gasteiger partial charge >= 0.3 is 0 Å². The van der Waals surface area contributed by atoms with Crippen molar-refractivity contribution in [2.45, 2.75) is 5.75 Å². The summed E-state index contributed by atoms with van der Waals surface area (Å²) < 4.78 is 18.2. The Morgan fingerprint density at radius 3 is 2.94 bits per heavy atom. The predicted molar refractivity (Wildman–Crippen MR) is 70.4 cm³/mol. The second-order valence-electron chi connectivity index (χ2n) is 3.40. The van der Waals surface area contributed by atoms with Crippen LogP contribution in [0.2, 0.25) is 0 Å². The van der Waals surface area contributed by atoms with Gasteiger partial charge in [-0.05, 0) is 23.8 Å². The van der Waals surface area contributed by atoms with E-state index in [1.165, 1.54) is 12.1 Å². The molecule has 0 aromatic heterocycles. The van der Waals surface area contributed by atoms with Crippen LogP contribution in [0.5, 0.6) is 0 Å². The lowest BCUT2D eigenvalue weighted by Gasteiger charge is -2.03. The van der Waals surface area contributed by atoms with Gasteiger partial charge in [-0.25, -0.2) is 4.39 Å². The van der Waals surface area contributed by atoms with Crippen LogP contribution in [-0.2, 0) is 10.5 Å². The molecule has 0 amide bonds. The van der Waals surface area contributed by atoms with Crippen molar-refractivity contribution in [1.82, 2.24) is 0 Å². The van der Waals surface area contributed by atoms with E-state index in [4.69, 9.17) is 10.5 Å². The fourth-order valence-corrected chi connectivity index (χ4v) is 2.12. The second kappa shape index (κ2) is 8.13. The van der Waals surface area contributed by atoms with E-state index in [0.717, 1.165) is 17.1 Å². The molecule has 0 radical (unpaired) electrons. The molecule has 2 nitrogen and oxygen atoms in total. The Morgan fingerprint density at radius 1 is 1.41 bits per heavy atom. The van der Waals surface area contributed by atoms with Crippen molar-refractivity contribution in [1.29, 1.82) is 0 Å². The molecule has 0 aliphatic carbocycles. The highest BCUT2D eigenvalue weighted by molar-refractivity contribution is 7.98. The fraction of sp³-hybridized carbons (Fsp3) is 0.385. The predicted octanol–water partition coefficient (Wildman–Crippen LogP) is 2.02. The van der Waals surface area contributed by atoms with Crippen LogP contribution in [0.4, 0.5) is 4.39 Å². The van der Waals surface area contributed by atoms with Crippen molar-refractivity contribution in [3.63, 3.8) is 0 Å². The van der Waals surface area contributed by atoms with Gasteiger partial charge in [0.1, 0.15) is 5.82 Å². The molecular formula is C13H16FNOS. The summed E-state index contributed by atoms with van der Waals surface area (Å²) in [6.07, 6.45) is 0. The molecule has 0 fully saturated rings. The van der Waals surface area contributed by atoms with E-state index in [-0.39, 0.29) is 12.4 Å². The molecule has 0 spiro atoms. The number of nitrogens with two attached hydrogens (primary N) is 1. The van der Waals surface area contributed by atoms with E-state index in [2.05, 4.69) is 11.8 Å². The third-order valence-corrected chi connectivity index (χ3v) is 2.99. The Morgan fingerprint density at radius 2 is 2.24 bits per heavy atom. The number of rotatable bonds is 5. The van der Waals surface area contributed by atoms with Crippen LogP contribution in [0.25, 0.3) is 0 Å². The van der Waals surface area contributed by atoms with Gasteiger partial charge in [-0.1, -0.05) is 11.8 Å². The van der Waals surface area contributed by atoms with Crippen molar-refractivity contribution in [2.75, 3.05) is 26.0 Å². The van der Waals surface area contributed by atoms with E-state index < -0.39 is 0 Å². The first kappa shape index (κ1) is 14.0. The number of benzene rings is 1. The van der Waals surface area contributed by atoms with Crippen molar-refractivity contribution in [2.24, 2.45) is 5.73 Å². The highest BCUT2D eigenvalue weighted by Crippen LogP contribution is 2.15. The Bertz CT molecular complexity index is 412. The highest BCUT2D eigenvalue weighted by Gasteiger charge is 1.99. The van der Waals surface area contributed by atoms with Crippen LogP contribution in [0.3, 0.4) is 0 Å². The summed E-state index contributed by atoms with van der Waals surface area (Å²) in [6, 6.07) is 4.85. The SMILES string of the molecule is COCCSCc1cc(F)cc(C#CCN)c1. The first-order valence-electron chi connectivity index (χ1n) is 5.31. The molecule has 1 aromatic carbocycles. The van der Waals surface area contributed by atoms with Crippen molar-refractivity contribution < 1.29 is 9.13 Å². The Kier molecular flexibility index (Phi) is 6.71. The summed E-state index contributed by atoms with van der Waals surface area (Å²) in [7, 11) is 1.67. The average molecular weight is 253 g/mol. The maximum atomic E-state index is 13.3. The van der Waals surface area contributed by atoms with Gasteiger partial charge < -0.3 is 10.5 Å². The molecule has 4 heteroatoms. The number of ether oxygens (including phenoxy) is 1. The summed E-state index contributed by atoms with van der Waals surface area (Å²) >= 11 is 1.71. The van der Waals surface area contributed by atoms with Crippen molar-refractivity contribution in [3.05, 3.63) is 35.1 Å². The van der Waals surface area contributed by atoms with Crippen LogP contribution in [0.15, 0.2) is 18.2 Å². The smallest absolute Gasteiger partial charge is 0.124 e. The summed E-state index contributed by atoms with van der Waals surface area (Å²) in [6.45, 7) is 0.994. The summed E-state index contributed by atoms with van der Waals surface area (Å²) in [5, 5.41) is 0. The standard InChI is InChI=1S/C13H16FNOS/c1-16-5-6-17-10-12-7-11(3-2-4-15)8-13(14)9-12/h7-9H,4-6,10,15H2,1H3. The minimum Gasteiger partial charge on any atom is -0.384 e. The van der Waals surface area contributed by atoms with E-state index in [1.807, 2.05) is 6.07 Å². The molecular weight excluding hydrogens is 237 g/mol. The summed E-state index contributed by atoms with van der Waals surface area (Å²) in [5.74, 6) is 6.97. The molecule has 0 unspecified atom stereocenters. The van der Waals surface area contributed by atoms with Crippen LogP contribution in [0.1, 0.15) is 11.1 Å². The molecule has 0 atom stereocenters. The largest absolute Gasteiger partial charge is 0.384 e. The van der Waals surface area contributed by atoms with Crippen molar-refractivity contribution in [3.8, 4) is 11.8 Å². The van der Waals surface area contributed by atoms with Gasteiger partial charge in [0.05, 0.1) is 13.2 Å². The number of hydrogen-bond acceptors (Lipinski definition) is 3. The molecule has 0 aliphatic rings. The maximum absolute atomic E-state index is 13.3. The molecule has 2 N–H and O–H groups in total. The van der Waals surface area contributed by atoms with Gasteiger partial charge in [0.25, 0.3) is 0 Å².